The van der Waals surface area contributed by atoms with Gasteiger partial charge in [0.2, 0.25) is 0 Å². The maximum Gasteiger partial charge on any atom is 0.155 e. The van der Waals surface area contributed by atoms with E-state index >= 15 is 0 Å². The third kappa shape index (κ3) is 1.96. The second-order valence-corrected chi connectivity index (χ2v) is 5.71. The highest BCUT2D eigenvalue weighted by Gasteiger charge is 2.04. The molecule has 78 valence electrons. The first-order valence-electron chi connectivity index (χ1n) is 5.00. The Balaban J connectivity index is 1.95. The average Bonchev–Trinajstić information content (AvgIpc) is 2.72. The summed E-state index contributed by atoms with van der Waals surface area (Å²) in [6.07, 6.45) is 0. The molecule has 0 aliphatic rings. The number of thiazole rings is 1. The molecule has 1 nitrogen and oxygen atoms in total. The van der Waals surface area contributed by atoms with Gasteiger partial charge in [-0.25, -0.2) is 4.98 Å². The maximum atomic E-state index is 4.59. The summed E-state index contributed by atoms with van der Waals surface area (Å²) < 4.78 is 2.35. The van der Waals surface area contributed by atoms with Gasteiger partial charge < -0.3 is 0 Å². The van der Waals surface area contributed by atoms with Crippen LogP contribution < -0.4 is 0 Å². The van der Waals surface area contributed by atoms with Crippen LogP contribution in [0.1, 0.15) is 0 Å². The van der Waals surface area contributed by atoms with Gasteiger partial charge in [-0.1, -0.05) is 42.1 Å². The fourth-order valence-electron chi connectivity index (χ4n) is 1.48. The van der Waals surface area contributed by atoms with E-state index in [0.29, 0.717) is 0 Å². The molecule has 0 unspecified atom stereocenters. The molecule has 0 radical (unpaired) electrons. The quantitative estimate of drug-likeness (QED) is 0.659. The monoisotopic (exact) mass is 243 g/mol. The molecule has 0 aliphatic carbocycles. The van der Waals surface area contributed by atoms with Crippen LogP contribution in [0.25, 0.3) is 10.2 Å². The molecule has 3 heteroatoms. The molecule has 3 rings (SSSR count). The Kier molecular flexibility index (Phi) is 2.64. The highest BCUT2D eigenvalue weighted by Crippen LogP contribution is 2.33. The van der Waals surface area contributed by atoms with E-state index in [9.17, 15) is 0 Å². The van der Waals surface area contributed by atoms with Gasteiger partial charge in [0.05, 0.1) is 10.2 Å². The molecule has 0 N–H and O–H groups in total. The first kappa shape index (κ1) is 9.87. The predicted molar refractivity (Wildman–Crippen MR) is 70.2 cm³/mol. The topological polar surface area (TPSA) is 12.9 Å². The Bertz CT molecular complexity index is 568. The second-order valence-electron chi connectivity index (χ2n) is 3.36. The number of benzene rings is 2. The number of hydrogen-bond donors (Lipinski definition) is 0. The number of hydrogen-bond acceptors (Lipinski definition) is 3. The van der Waals surface area contributed by atoms with E-state index in [0.717, 1.165) is 9.86 Å². The van der Waals surface area contributed by atoms with E-state index in [1.165, 1.54) is 9.60 Å². The third-order valence-corrected chi connectivity index (χ3v) is 4.33. The van der Waals surface area contributed by atoms with Crippen molar-refractivity contribution < 1.29 is 0 Å². The van der Waals surface area contributed by atoms with Gasteiger partial charge in [0.15, 0.2) is 4.34 Å². The van der Waals surface area contributed by atoms with Gasteiger partial charge in [0, 0.05) is 4.90 Å². The van der Waals surface area contributed by atoms with Crippen LogP contribution in [0.5, 0.6) is 0 Å². The molecule has 0 spiro atoms. The van der Waals surface area contributed by atoms with Crippen LogP contribution in [0.2, 0.25) is 0 Å². The van der Waals surface area contributed by atoms with E-state index in [4.69, 9.17) is 0 Å². The molecule has 0 amide bonds. The lowest BCUT2D eigenvalue weighted by Gasteiger charge is -1.94. The fraction of sp³-hybridized carbons (Fsp3) is 0. The lowest BCUT2D eigenvalue weighted by molar-refractivity contribution is 1.29. The lowest BCUT2D eigenvalue weighted by Crippen LogP contribution is -1.70. The van der Waals surface area contributed by atoms with Gasteiger partial charge in [-0.05, 0) is 24.3 Å². The van der Waals surface area contributed by atoms with Crippen LogP contribution in [0.4, 0.5) is 0 Å². The van der Waals surface area contributed by atoms with Gasteiger partial charge in [-0.2, -0.15) is 0 Å². The number of rotatable bonds is 2. The zero-order chi connectivity index (χ0) is 10.8. The van der Waals surface area contributed by atoms with Gasteiger partial charge in [-0.3, -0.25) is 0 Å². The minimum Gasteiger partial charge on any atom is -0.229 e. The van der Waals surface area contributed by atoms with Crippen molar-refractivity contribution in [3.05, 3.63) is 54.6 Å². The molecule has 2 aromatic carbocycles. The third-order valence-electron chi connectivity index (χ3n) is 2.22. The number of fused-ring (bicyclic) bond motifs is 1. The molecule has 0 aliphatic heterocycles. The van der Waals surface area contributed by atoms with Crippen LogP contribution in [0.15, 0.2) is 63.8 Å². The first-order chi connectivity index (χ1) is 7.92. The van der Waals surface area contributed by atoms with Crippen LogP contribution in [0, 0.1) is 0 Å². The zero-order valence-corrected chi connectivity index (χ0v) is 10.1. The molecule has 1 aromatic heterocycles. The highest BCUT2D eigenvalue weighted by molar-refractivity contribution is 8.01. The molecule has 0 atom stereocenters. The Hall–Kier alpha value is -1.32. The molecule has 3 aromatic rings. The van der Waals surface area contributed by atoms with Crippen LogP contribution in [-0.4, -0.2) is 4.98 Å². The number of nitrogens with zero attached hydrogens (tertiary/aromatic N) is 1. The summed E-state index contributed by atoms with van der Waals surface area (Å²) in [6, 6.07) is 18.6. The number of aromatic nitrogens is 1. The summed E-state index contributed by atoms with van der Waals surface area (Å²) >= 11 is 3.46. The van der Waals surface area contributed by atoms with Gasteiger partial charge in [0.25, 0.3) is 0 Å². The first-order valence-corrected chi connectivity index (χ1v) is 6.63. The lowest BCUT2D eigenvalue weighted by atomic mass is 10.3. The highest BCUT2D eigenvalue weighted by atomic mass is 32.2. The molecular formula is C13H9NS2. The molecule has 16 heavy (non-hydrogen) atoms. The molecule has 0 saturated heterocycles. The summed E-state index contributed by atoms with van der Waals surface area (Å²) in [7, 11) is 0. The van der Waals surface area contributed by atoms with E-state index in [1.54, 1.807) is 23.1 Å². The fourth-order valence-corrected chi connectivity index (χ4v) is 3.54. The molecule has 0 saturated carbocycles. The van der Waals surface area contributed by atoms with Crippen molar-refractivity contribution in [1.29, 1.82) is 0 Å². The van der Waals surface area contributed by atoms with Crippen molar-refractivity contribution in [1.82, 2.24) is 4.98 Å². The second kappa shape index (κ2) is 4.28. The summed E-state index contributed by atoms with van der Waals surface area (Å²) in [4.78, 5) is 5.83. The summed E-state index contributed by atoms with van der Waals surface area (Å²) in [5.74, 6) is 0. The van der Waals surface area contributed by atoms with E-state index < -0.39 is 0 Å². The zero-order valence-electron chi connectivity index (χ0n) is 8.46. The average molecular weight is 243 g/mol. The standard InChI is InChI=1S/C13H9NS2/c1-2-6-10(7-3-1)15-13-14-11-8-4-5-9-12(11)16-13/h1-9H. The molecule has 0 fully saturated rings. The van der Waals surface area contributed by atoms with Crippen molar-refractivity contribution in [2.45, 2.75) is 9.24 Å². The van der Waals surface area contributed by atoms with Gasteiger partial charge >= 0.3 is 0 Å². The van der Waals surface area contributed by atoms with Gasteiger partial charge in [-0.15, -0.1) is 11.3 Å². The van der Waals surface area contributed by atoms with Crippen LogP contribution >= 0.6 is 23.1 Å². The van der Waals surface area contributed by atoms with Crippen molar-refractivity contribution in [2.75, 3.05) is 0 Å². The Morgan fingerprint density at radius 2 is 1.62 bits per heavy atom. The normalized spacial score (nSPS) is 10.8. The van der Waals surface area contributed by atoms with E-state index in [-0.39, 0.29) is 0 Å². The Morgan fingerprint density at radius 1 is 0.875 bits per heavy atom. The predicted octanol–water partition coefficient (Wildman–Crippen LogP) is 4.45. The van der Waals surface area contributed by atoms with Crippen LogP contribution in [0.3, 0.4) is 0 Å². The Morgan fingerprint density at radius 3 is 2.44 bits per heavy atom. The summed E-state index contributed by atoms with van der Waals surface area (Å²) in [5.41, 5.74) is 1.09. The molecular weight excluding hydrogens is 234 g/mol. The molecule has 1 heterocycles. The SMILES string of the molecule is c1ccc(Sc2nc3ccccc3s2)cc1. The smallest absolute Gasteiger partial charge is 0.155 e. The van der Waals surface area contributed by atoms with Crippen molar-refractivity contribution >= 4 is 33.3 Å². The van der Waals surface area contributed by atoms with E-state index in [2.05, 4.69) is 47.4 Å². The number of para-hydroxylation sites is 1. The summed E-state index contributed by atoms with van der Waals surface area (Å²) in [5, 5.41) is 0. The van der Waals surface area contributed by atoms with Gasteiger partial charge in [0.1, 0.15) is 0 Å². The van der Waals surface area contributed by atoms with Crippen molar-refractivity contribution in [3.63, 3.8) is 0 Å². The summed E-state index contributed by atoms with van der Waals surface area (Å²) in [6.45, 7) is 0. The van der Waals surface area contributed by atoms with Crippen molar-refractivity contribution in [2.24, 2.45) is 0 Å². The molecule has 0 bridgehead atoms. The Labute approximate surface area is 102 Å². The van der Waals surface area contributed by atoms with E-state index in [1.807, 2.05) is 12.1 Å². The minimum absolute atomic E-state index is 1.09. The minimum atomic E-state index is 1.09. The van der Waals surface area contributed by atoms with Crippen molar-refractivity contribution in [3.8, 4) is 0 Å². The van der Waals surface area contributed by atoms with Crippen LogP contribution in [-0.2, 0) is 0 Å². The largest absolute Gasteiger partial charge is 0.229 e. The maximum absolute atomic E-state index is 4.59.